The van der Waals surface area contributed by atoms with Crippen LogP contribution in [0.1, 0.15) is 118 Å². The molecule has 18 heteroatoms. The summed E-state index contributed by atoms with van der Waals surface area (Å²) in [6.45, 7) is 12.4. The summed E-state index contributed by atoms with van der Waals surface area (Å²) in [5.41, 5.74) is 5.99. The highest BCUT2D eigenvalue weighted by Crippen LogP contribution is 2.46. The highest BCUT2D eigenvalue weighted by Gasteiger charge is 2.38. The lowest BCUT2D eigenvalue weighted by atomic mass is 9.72. The minimum absolute atomic E-state index is 0.0187. The molecule has 10 rings (SSSR count). The summed E-state index contributed by atoms with van der Waals surface area (Å²) in [7, 11) is 0. The normalized spacial score (nSPS) is 12.7. The average Bonchev–Trinajstić information content (AvgIpc) is 4.00. The fraction of sp³-hybridized carbons (Fsp3) is 0.226. The molecule has 1 atom stereocenters. The van der Waals surface area contributed by atoms with Crippen LogP contribution < -0.4 is 4.74 Å². The number of aromatic nitrogens is 3. The number of carbonyl (C=O) groups is 6. The Morgan fingerprint density at radius 1 is 0.588 bits per heavy atom. The van der Waals surface area contributed by atoms with Crippen molar-refractivity contribution in [3.8, 4) is 23.0 Å². The lowest BCUT2D eigenvalue weighted by molar-refractivity contribution is -0.141. The summed E-state index contributed by atoms with van der Waals surface area (Å²) in [4.78, 5) is 74.4. The van der Waals surface area contributed by atoms with Crippen molar-refractivity contribution in [2.24, 2.45) is 5.92 Å². The average molecular weight is 1140 g/mol. The molecule has 15 nitrogen and oxygen atoms in total. The molecule has 5 N–H and O–H groups in total. The summed E-state index contributed by atoms with van der Waals surface area (Å²) >= 11 is 17.7. The van der Waals surface area contributed by atoms with Crippen LogP contribution in [-0.4, -0.2) is 74.9 Å². The SMILES string of the molecule is CC(=O)Oc1c(C)n(C(=O)c2ccc(Cl)cc2)c2ccc(O)c(C(C)(C)C)c12.Cc1c(C(C(=O)O)C2CCC2)c2cc(O)ccc2n1C(=O)c1ccc(Cl)cc1.Cc1c(CC(=O)O)c2cc(O)ccc2n1C(=O)c1ccc(Cl)cc1. The summed E-state index contributed by atoms with van der Waals surface area (Å²) in [5, 5.41) is 52.7. The monoisotopic (exact) mass is 1140 g/mol. The van der Waals surface area contributed by atoms with Crippen LogP contribution >= 0.6 is 34.8 Å². The predicted molar refractivity (Wildman–Crippen MR) is 308 cm³/mol. The molecular formula is C62H56Cl3N3O12. The number of fused-ring (bicyclic) bond motifs is 3. The van der Waals surface area contributed by atoms with Crippen molar-refractivity contribution in [3.63, 3.8) is 0 Å². The van der Waals surface area contributed by atoms with Crippen molar-refractivity contribution in [1.29, 1.82) is 0 Å². The molecule has 80 heavy (non-hydrogen) atoms. The molecule has 1 fully saturated rings. The van der Waals surface area contributed by atoms with Gasteiger partial charge in [0.25, 0.3) is 17.7 Å². The predicted octanol–water partition coefficient (Wildman–Crippen LogP) is 13.8. The minimum atomic E-state index is -1.00. The molecule has 1 saturated carbocycles. The molecule has 0 saturated heterocycles. The Kier molecular flexibility index (Phi) is 16.7. The highest BCUT2D eigenvalue weighted by molar-refractivity contribution is 6.31. The first-order valence-electron chi connectivity index (χ1n) is 25.4. The van der Waals surface area contributed by atoms with Crippen LogP contribution in [0.4, 0.5) is 0 Å². The van der Waals surface area contributed by atoms with Gasteiger partial charge >= 0.3 is 17.9 Å². The zero-order chi connectivity index (χ0) is 58.2. The van der Waals surface area contributed by atoms with E-state index < -0.39 is 29.2 Å². The van der Waals surface area contributed by atoms with Crippen molar-refractivity contribution in [2.45, 2.75) is 85.5 Å². The number of nitrogens with zero attached hydrogens (tertiary/aromatic N) is 3. The van der Waals surface area contributed by atoms with E-state index in [-0.39, 0.29) is 53.1 Å². The fourth-order valence-electron chi connectivity index (χ4n) is 10.4. The van der Waals surface area contributed by atoms with Gasteiger partial charge in [-0.1, -0.05) is 62.0 Å². The van der Waals surface area contributed by atoms with Crippen LogP contribution in [0.3, 0.4) is 0 Å². The molecule has 1 aliphatic carbocycles. The Labute approximate surface area is 474 Å². The molecule has 0 aliphatic heterocycles. The topological polar surface area (TPSA) is 228 Å². The first-order valence-corrected chi connectivity index (χ1v) is 26.5. The molecule has 9 aromatic rings. The standard InChI is InChI=1S/C22H20ClNO4.C22H22ClNO4.C18H14ClNO4/c1-12-19(20(22(27)28)13-3-2-4-13)17-11-16(25)9-10-18(17)24(12)21(26)14-5-7-15(23)8-6-14;1-12-20(28-13(2)25)18-16(10-11-17(26)19(18)22(3,4)5)24(12)21(27)14-6-8-15(23)9-7-14;1-10-14(9-17(22)23)15-8-13(21)6-7-16(15)20(10)18(24)11-2-4-12(19)5-3-11/h5-11,13,20,25H,2-4H2,1H3,(H,27,28);6-11,26H,1-5H3;2-8,21H,9H2,1H3,(H,22,23). The first-order chi connectivity index (χ1) is 37.8. The first kappa shape index (κ1) is 57.8. The van der Waals surface area contributed by atoms with Gasteiger partial charge in [-0.25, -0.2) is 0 Å². The second-order valence-corrected chi connectivity index (χ2v) is 21.9. The van der Waals surface area contributed by atoms with Crippen LogP contribution in [0, 0.1) is 26.7 Å². The number of esters is 1. The van der Waals surface area contributed by atoms with Crippen molar-refractivity contribution in [1.82, 2.24) is 13.7 Å². The maximum Gasteiger partial charge on any atom is 0.311 e. The summed E-state index contributed by atoms with van der Waals surface area (Å²) < 4.78 is 10.0. The second-order valence-electron chi connectivity index (χ2n) is 20.6. The molecule has 6 aromatic carbocycles. The number of ether oxygens (including phenoxy) is 1. The van der Waals surface area contributed by atoms with Gasteiger partial charge in [0.15, 0.2) is 5.75 Å². The molecule has 412 valence electrons. The maximum atomic E-state index is 13.3. The number of phenolic OH excluding ortho intramolecular Hbond substituents is 3. The van der Waals surface area contributed by atoms with Crippen molar-refractivity contribution < 1.29 is 59.0 Å². The number of aliphatic carboxylic acids is 2. The number of hydrogen-bond donors (Lipinski definition) is 5. The van der Waals surface area contributed by atoms with Gasteiger partial charge < -0.3 is 30.3 Å². The Morgan fingerprint density at radius 2 is 1.01 bits per heavy atom. The van der Waals surface area contributed by atoms with E-state index in [1.54, 1.807) is 128 Å². The molecule has 0 bridgehead atoms. The number of carbonyl (C=O) groups excluding carboxylic acids is 4. The molecule has 3 heterocycles. The number of rotatable bonds is 9. The summed E-state index contributed by atoms with van der Waals surface area (Å²) in [6, 6.07) is 32.2. The number of phenols is 3. The van der Waals surface area contributed by atoms with Crippen LogP contribution in [0.25, 0.3) is 32.7 Å². The molecular weight excluding hydrogens is 1090 g/mol. The maximum absolute atomic E-state index is 13.3. The zero-order valence-corrected chi connectivity index (χ0v) is 46.9. The van der Waals surface area contributed by atoms with Crippen LogP contribution in [-0.2, 0) is 26.2 Å². The molecule has 3 aromatic heterocycles. The van der Waals surface area contributed by atoms with Gasteiger partial charge in [-0.3, -0.25) is 42.5 Å². The summed E-state index contributed by atoms with van der Waals surface area (Å²) in [5.74, 6) is -3.42. The smallest absolute Gasteiger partial charge is 0.311 e. The van der Waals surface area contributed by atoms with Crippen molar-refractivity contribution in [2.75, 3.05) is 0 Å². The van der Waals surface area contributed by atoms with Gasteiger partial charge in [0, 0.05) is 66.4 Å². The number of halogens is 3. The molecule has 0 amide bonds. The molecule has 0 radical (unpaired) electrons. The van der Waals surface area contributed by atoms with E-state index in [9.17, 15) is 49.2 Å². The van der Waals surface area contributed by atoms with E-state index in [4.69, 9.17) is 44.6 Å². The highest BCUT2D eigenvalue weighted by atomic mass is 35.5. The number of aromatic hydroxyl groups is 3. The van der Waals surface area contributed by atoms with E-state index in [1.807, 2.05) is 20.8 Å². The van der Waals surface area contributed by atoms with Gasteiger partial charge in [-0.05, 0) is 177 Å². The van der Waals surface area contributed by atoms with E-state index in [0.29, 0.717) is 98.2 Å². The molecule has 1 aliphatic rings. The number of carboxylic acids is 2. The van der Waals surface area contributed by atoms with E-state index >= 15 is 0 Å². The van der Waals surface area contributed by atoms with E-state index in [0.717, 1.165) is 19.3 Å². The number of hydrogen-bond acceptors (Lipinski definition) is 10. The quantitative estimate of drug-likeness (QED) is 0.0851. The fourth-order valence-corrected chi connectivity index (χ4v) is 10.8. The van der Waals surface area contributed by atoms with Crippen LogP contribution in [0.2, 0.25) is 15.1 Å². The minimum Gasteiger partial charge on any atom is -0.508 e. The van der Waals surface area contributed by atoms with Crippen molar-refractivity contribution >= 4 is 103 Å². The Bertz CT molecular complexity index is 3940. The van der Waals surface area contributed by atoms with Gasteiger partial charge in [0.2, 0.25) is 0 Å². The Morgan fingerprint density at radius 3 is 1.43 bits per heavy atom. The van der Waals surface area contributed by atoms with Gasteiger partial charge in [-0.15, -0.1) is 0 Å². The lowest BCUT2D eigenvalue weighted by Gasteiger charge is -2.31. The largest absolute Gasteiger partial charge is 0.508 e. The van der Waals surface area contributed by atoms with Crippen LogP contribution in [0.15, 0.2) is 121 Å². The summed E-state index contributed by atoms with van der Waals surface area (Å²) in [6.07, 6.45) is 2.49. The zero-order valence-electron chi connectivity index (χ0n) is 44.6. The van der Waals surface area contributed by atoms with Crippen LogP contribution in [0.5, 0.6) is 23.0 Å². The molecule has 0 spiro atoms. The van der Waals surface area contributed by atoms with Gasteiger partial charge in [-0.2, -0.15) is 0 Å². The van der Waals surface area contributed by atoms with Gasteiger partial charge in [0.1, 0.15) is 17.2 Å². The third-order valence-corrected chi connectivity index (χ3v) is 15.0. The third-order valence-electron chi connectivity index (χ3n) is 14.3. The van der Waals surface area contributed by atoms with E-state index in [2.05, 4.69) is 0 Å². The van der Waals surface area contributed by atoms with E-state index in [1.165, 1.54) is 34.3 Å². The lowest BCUT2D eigenvalue weighted by Crippen LogP contribution is -2.27. The number of carboxylic acid groups (broad SMARTS) is 2. The number of benzene rings is 6. The van der Waals surface area contributed by atoms with Crippen molar-refractivity contribution in [3.05, 3.63) is 187 Å². The Balaban J connectivity index is 0.000000158. The second kappa shape index (κ2) is 23.1. The van der Waals surface area contributed by atoms with Gasteiger partial charge in [0.05, 0.1) is 40.0 Å². The Hall–Kier alpha value is -8.37. The molecule has 1 unspecified atom stereocenters. The third kappa shape index (κ3) is 11.5.